The maximum atomic E-state index is 6.17. The molecule has 3 nitrogen and oxygen atoms in total. The smallest absolute Gasteiger partial charge is 0.139 e. The molecule has 0 fully saturated rings. The van der Waals surface area contributed by atoms with Gasteiger partial charge in [-0.15, -0.1) is 0 Å². The lowest BCUT2D eigenvalue weighted by Crippen LogP contribution is -1.93. The Morgan fingerprint density at radius 1 is 1.05 bits per heavy atom. The van der Waals surface area contributed by atoms with Crippen molar-refractivity contribution in [2.75, 3.05) is 5.73 Å². The standard InChI is InChI=1S/C16H17N3/c1-11(2)12-6-8-13(9-7-12)15-16(17)19-10-4-3-5-14(19)18-15/h3-11H,17H2,1-2H3. The van der Waals surface area contributed by atoms with E-state index in [1.54, 1.807) is 0 Å². The summed E-state index contributed by atoms with van der Waals surface area (Å²) in [7, 11) is 0. The van der Waals surface area contributed by atoms with Gasteiger partial charge in [-0.25, -0.2) is 4.98 Å². The fourth-order valence-electron chi connectivity index (χ4n) is 2.25. The van der Waals surface area contributed by atoms with Gasteiger partial charge < -0.3 is 5.73 Å². The molecule has 1 aromatic carbocycles. The van der Waals surface area contributed by atoms with Crippen molar-refractivity contribution in [3.05, 3.63) is 54.2 Å². The lowest BCUT2D eigenvalue weighted by atomic mass is 10.0. The highest BCUT2D eigenvalue weighted by Gasteiger charge is 2.10. The number of benzene rings is 1. The summed E-state index contributed by atoms with van der Waals surface area (Å²) in [6.45, 7) is 4.38. The number of nitrogens with zero attached hydrogens (tertiary/aromatic N) is 2. The number of imidazole rings is 1. The van der Waals surface area contributed by atoms with Gasteiger partial charge in [0.15, 0.2) is 0 Å². The van der Waals surface area contributed by atoms with Crippen molar-refractivity contribution in [1.29, 1.82) is 0 Å². The van der Waals surface area contributed by atoms with Crippen LogP contribution in [0.4, 0.5) is 5.82 Å². The van der Waals surface area contributed by atoms with Crippen LogP contribution in [0, 0.1) is 0 Å². The SMILES string of the molecule is CC(C)c1ccc(-c2nc3ccccn3c2N)cc1. The van der Waals surface area contributed by atoms with Crippen molar-refractivity contribution in [2.24, 2.45) is 0 Å². The molecule has 0 aliphatic carbocycles. The molecular weight excluding hydrogens is 234 g/mol. The Kier molecular flexibility index (Phi) is 2.75. The third kappa shape index (κ3) is 1.97. The quantitative estimate of drug-likeness (QED) is 0.754. The van der Waals surface area contributed by atoms with Gasteiger partial charge >= 0.3 is 0 Å². The molecule has 0 unspecified atom stereocenters. The Morgan fingerprint density at radius 2 is 1.79 bits per heavy atom. The molecule has 3 rings (SSSR count). The van der Waals surface area contributed by atoms with Crippen molar-refractivity contribution in [3.8, 4) is 11.3 Å². The van der Waals surface area contributed by atoms with Crippen LogP contribution >= 0.6 is 0 Å². The molecule has 96 valence electrons. The largest absolute Gasteiger partial charge is 0.383 e. The topological polar surface area (TPSA) is 43.3 Å². The molecule has 0 atom stereocenters. The Balaban J connectivity index is 2.11. The lowest BCUT2D eigenvalue weighted by Gasteiger charge is -2.06. The zero-order chi connectivity index (χ0) is 13.4. The summed E-state index contributed by atoms with van der Waals surface area (Å²) in [6, 6.07) is 14.3. The first-order valence-electron chi connectivity index (χ1n) is 6.49. The van der Waals surface area contributed by atoms with Crippen molar-refractivity contribution < 1.29 is 0 Å². The van der Waals surface area contributed by atoms with Crippen LogP contribution < -0.4 is 5.73 Å². The van der Waals surface area contributed by atoms with Gasteiger partial charge in [0.1, 0.15) is 17.2 Å². The van der Waals surface area contributed by atoms with Crippen molar-refractivity contribution in [1.82, 2.24) is 9.38 Å². The number of aromatic nitrogens is 2. The summed E-state index contributed by atoms with van der Waals surface area (Å²) < 4.78 is 1.91. The Morgan fingerprint density at radius 3 is 2.42 bits per heavy atom. The lowest BCUT2D eigenvalue weighted by molar-refractivity contribution is 0.867. The molecular formula is C16H17N3. The van der Waals surface area contributed by atoms with Crippen molar-refractivity contribution in [3.63, 3.8) is 0 Å². The third-order valence-electron chi connectivity index (χ3n) is 3.42. The molecule has 0 amide bonds. The molecule has 0 bridgehead atoms. The highest BCUT2D eigenvalue weighted by Crippen LogP contribution is 2.27. The Bertz CT molecular complexity index is 708. The van der Waals surface area contributed by atoms with E-state index in [2.05, 4.69) is 43.1 Å². The summed E-state index contributed by atoms with van der Waals surface area (Å²) in [5, 5.41) is 0. The minimum absolute atomic E-state index is 0.535. The number of nitrogen functional groups attached to an aromatic ring is 1. The van der Waals surface area contributed by atoms with Gasteiger partial charge in [-0.1, -0.05) is 44.2 Å². The maximum absolute atomic E-state index is 6.17. The van der Waals surface area contributed by atoms with E-state index in [-0.39, 0.29) is 0 Å². The predicted molar refractivity (Wildman–Crippen MR) is 79.1 cm³/mol. The molecule has 2 heterocycles. The van der Waals surface area contributed by atoms with Crippen LogP contribution in [0.3, 0.4) is 0 Å². The summed E-state index contributed by atoms with van der Waals surface area (Å²) in [5.74, 6) is 1.22. The second kappa shape index (κ2) is 4.43. The molecule has 2 aromatic heterocycles. The Hall–Kier alpha value is -2.29. The van der Waals surface area contributed by atoms with Gasteiger partial charge in [0, 0.05) is 11.8 Å². The van der Waals surface area contributed by atoms with Crippen LogP contribution in [-0.4, -0.2) is 9.38 Å². The fraction of sp³-hybridized carbons (Fsp3) is 0.188. The molecule has 0 spiro atoms. The zero-order valence-corrected chi connectivity index (χ0v) is 11.2. The second-order valence-corrected chi connectivity index (χ2v) is 5.05. The molecule has 3 aromatic rings. The number of hydrogen-bond donors (Lipinski definition) is 1. The van der Waals surface area contributed by atoms with Gasteiger partial charge in [0.05, 0.1) is 0 Å². The van der Waals surface area contributed by atoms with Crippen LogP contribution in [0.1, 0.15) is 25.3 Å². The molecule has 0 saturated heterocycles. The summed E-state index contributed by atoms with van der Waals surface area (Å²) in [5.41, 5.74) is 10.3. The molecule has 0 aliphatic rings. The molecule has 0 radical (unpaired) electrons. The summed E-state index contributed by atoms with van der Waals surface area (Å²) in [6.07, 6.45) is 1.93. The summed E-state index contributed by atoms with van der Waals surface area (Å²) in [4.78, 5) is 4.59. The van der Waals surface area contributed by atoms with Crippen LogP contribution in [-0.2, 0) is 0 Å². The van der Waals surface area contributed by atoms with E-state index < -0.39 is 0 Å². The van der Waals surface area contributed by atoms with Gasteiger partial charge in [0.2, 0.25) is 0 Å². The first-order valence-corrected chi connectivity index (χ1v) is 6.49. The van der Waals surface area contributed by atoms with Crippen LogP contribution in [0.25, 0.3) is 16.9 Å². The molecule has 0 aliphatic heterocycles. The van der Waals surface area contributed by atoms with Crippen LogP contribution in [0.15, 0.2) is 48.7 Å². The maximum Gasteiger partial charge on any atom is 0.139 e. The molecule has 19 heavy (non-hydrogen) atoms. The van der Waals surface area contributed by atoms with Gasteiger partial charge in [-0.05, 0) is 23.6 Å². The molecule has 0 saturated carbocycles. The monoisotopic (exact) mass is 251 g/mol. The van der Waals surface area contributed by atoms with E-state index in [4.69, 9.17) is 5.73 Å². The van der Waals surface area contributed by atoms with Crippen molar-refractivity contribution >= 4 is 11.5 Å². The number of rotatable bonds is 2. The number of pyridine rings is 1. The second-order valence-electron chi connectivity index (χ2n) is 5.05. The van der Waals surface area contributed by atoms with Gasteiger partial charge in [-0.2, -0.15) is 0 Å². The van der Waals surface area contributed by atoms with E-state index in [0.29, 0.717) is 11.7 Å². The number of fused-ring (bicyclic) bond motifs is 1. The summed E-state index contributed by atoms with van der Waals surface area (Å²) >= 11 is 0. The van der Waals surface area contributed by atoms with Crippen molar-refractivity contribution in [2.45, 2.75) is 19.8 Å². The third-order valence-corrected chi connectivity index (χ3v) is 3.42. The number of hydrogen-bond acceptors (Lipinski definition) is 2. The van der Waals surface area contributed by atoms with E-state index in [1.165, 1.54) is 5.56 Å². The van der Waals surface area contributed by atoms with E-state index in [1.807, 2.05) is 28.8 Å². The van der Waals surface area contributed by atoms with E-state index in [0.717, 1.165) is 16.9 Å². The minimum Gasteiger partial charge on any atom is -0.383 e. The predicted octanol–water partition coefficient (Wildman–Crippen LogP) is 3.71. The first kappa shape index (κ1) is 11.8. The molecule has 2 N–H and O–H groups in total. The highest BCUT2D eigenvalue weighted by atomic mass is 15.1. The first-order chi connectivity index (χ1) is 9.16. The minimum atomic E-state index is 0.535. The van der Waals surface area contributed by atoms with E-state index >= 15 is 0 Å². The van der Waals surface area contributed by atoms with Gasteiger partial charge in [-0.3, -0.25) is 4.40 Å². The average Bonchev–Trinajstić information content (AvgIpc) is 2.77. The zero-order valence-electron chi connectivity index (χ0n) is 11.2. The number of nitrogens with two attached hydrogens (primary N) is 1. The average molecular weight is 251 g/mol. The fourth-order valence-corrected chi connectivity index (χ4v) is 2.25. The molecule has 3 heteroatoms. The van der Waals surface area contributed by atoms with E-state index in [9.17, 15) is 0 Å². The van der Waals surface area contributed by atoms with Crippen LogP contribution in [0.2, 0.25) is 0 Å². The normalized spacial score (nSPS) is 11.3. The van der Waals surface area contributed by atoms with Gasteiger partial charge in [0.25, 0.3) is 0 Å². The number of anilines is 1. The Labute approximate surface area is 112 Å². The highest BCUT2D eigenvalue weighted by molar-refractivity contribution is 5.74. The van der Waals surface area contributed by atoms with Crippen LogP contribution in [0.5, 0.6) is 0 Å².